The van der Waals surface area contributed by atoms with Gasteiger partial charge < -0.3 is 14.6 Å². The van der Waals surface area contributed by atoms with E-state index < -0.39 is 0 Å². The Labute approximate surface area is 121 Å². The molecular formula is C17H24O3. The quantitative estimate of drug-likeness (QED) is 0.584. The molecule has 0 saturated carbocycles. The zero-order valence-corrected chi connectivity index (χ0v) is 12.4. The highest BCUT2D eigenvalue weighted by molar-refractivity contribution is 5.50. The van der Waals surface area contributed by atoms with E-state index in [0.29, 0.717) is 6.61 Å². The van der Waals surface area contributed by atoms with Gasteiger partial charge in [0.05, 0.1) is 19.3 Å². The minimum absolute atomic E-state index is 0.159. The van der Waals surface area contributed by atoms with Crippen molar-refractivity contribution < 1.29 is 14.6 Å². The van der Waals surface area contributed by atoms with Crippen LogP contribution < -0.4 is 9.47 Å². The number of hydrogen-bond donors (Lipinski definition) is 1. The summed E-state index contributed by atoms with van der Waals surface area (Å²) >= 11 is 0. The summed E-state index contributed by atoms with van der Waals surface area (Å²) in [6.07, 6.45) is 6.05. The molecule has 0 fully saturated rings. The molecule has 0 aliphatic rings. The Morgan fingerprint density at radius 2 is 1.95 bits per heavy atom. The van der Waals surface area contributed by atoms with Crippen molar-refractivity contribution in [1.82, 2.24) is 0 Å². The molecule has 0 atom stereocenters. The lowest BCUT2D eigenvalue weighted by molar-refractivity contribution is 0.303. The molecule has 0 unspecified atom stereocenters. The van der Waals surface area contributed by atoms with Gasteiger partial charge in [-0.25, -0.2) is 0 Å². The zero-order valence-electron chi connectivity index (χ0n) is 12.4. The molecule has 1 N–H and O–H groups in total. The van der Waals surface area contributed by atoms with E-state index in [0.717, 1.165) is 23.5 Å². The number of rotatable bonds is 8. The molecule has 3 nitrogen and oxygen atoms in total. The number of benzene rings is 1. The molecule has 1 aromatic rings. The van der Waals surface area contributed by atoms with Crippen LogP contribution in [0.4, 0.5) is 0 Å². The van der Waals surface area contributed by atoms with Crippen LogP contribution in [-0.2, 0) is 0 Å². The predicted octanol–water partition coefficient (Wildman–Crippen LogP) is 3.39. The molecule has 0 aliphatic heterocycles. The molecule has 3 heteroatoms. The average Bonchev–Trinajstić information content (AvgIpc) is 2.49. The van der Waals surface area contributed by atoms with Crippen LogP contribution in [0.25, 0.3) is 0 Å². The molecule has 1 aromatic carbocycles. The van der Waals surface area contributed by atoms with Crippen molar-refractivity contribution in [2.45, 2.75) is 39.0 Å². The lowest BCUT2D eigenvalue weighted by Gasteiger charge is -2.09. The third-order valence-electron chi connectivity index (χ3n) is 2.99. The summed E-state index contributed by atoms with van der Waals surface area (Å²) < 4.78 is 10.9. The van der Waals surface area contributed by atoms with Crippen LogP contribution in [0, 0.1) is 11.8 Å². The van der Waals surface area contributed by atoms with Crippen molar-refractivity contribution in [3.63, 3.8) is 0 Å². The third kappa shape index (κ3) is 5.99. The summed E-state index contributed by atoms with van der Waals surface area (Å²) in [5.41, 5.74) is 0.756. The van der Waals surface area contributed by atoms with Gasteiger partial charge in [-0.15, -0.1) is 0 Å². The van der Waals surface area contributed by atoms with Crippen molar-refractivity contribution in [2.24, 2.45) is 0 Å². The first-order valence-corrected chi connectivity index (χ1v) is 7.22. The molecule has 0 aliphatic carbocycles. The Morgan fingerprint density at radius 3 is 2.65 bits per heavy atom. The maximum absolute atomic E-state index is 8.80. The Bertz CT molecular complexity index is 443. The average molecular weight is 276 g/mol. The van der Waals surface area contributed by atoms with Gasteiger partial charge in [-0.1, -0.05) is 44.4 Å². The molecule has 20 heavy (non-hydrogen) atoms. The summed E-state index contributed by atoms with van der Waals surface area (Å²) in [5, 5.41) is 8.80. The first kappa shape index (κ1) is 16.4. The SMILES string of the molecule is CCCCCCCOc1ccc(OC)cc1C#CCO. The number of methoxy groups -OCH3 is 1. The summed E-state index contributed by atoms with van der Waals surface area (Å²) in [7, 11) is 1.62. The van der Waals surface area contributed by atoms with Crippen molar-refractivity contribution in [2.75, 3.05) is 20.3 Å². The topological polar surface area (TPSA) is 38.7 Å². The number of aliphatic hydroxyl groups excluding tert-OH is 1. The predicted molar refractivity (Wildman–Crippen MR) is 81.2 cm³/mol. The van der Waals surface area contributed by atoms with Gasteiger partial charge in [0.2, 0.25) is 0 Å². The number of unbranched alkanes of at least 4 members (excludes halogenated alkanes) is 4. The Kier molecular flexibility index (Phi) is 8.33. The van der Waals surface area contributed by atoms with Crippen LogP contribution in [0.3, 0.4) is 0 Å². The van der Waals surface area contributed by atoms with Gasteiger partial charge in [0, 0.05) is 0 Å². The molecule has 0 saturated heterocycles. The Balaban J connectivity index is 2.55. The number of ether oxygens (including phenoxy) is 2. The minimum Gasteiger partial charge on any atom is -0.497 e. The fraction of sp³-hybridized carbons (Fsp3) is 0.529. The van der Waals surface area contributed by atoms with E-state index in [2.05, 4.69) is 18.8 Å². The van der Waals surface area contributed by atoms with E-state index in [1.807, 2.05) is 18.2 Å². The molecule has 0 aromatic heterocycles. The van der Waals surface area contributed by atoms with E-state index in [-0.39, 0.29) is 6.61 Å². The Morgan fingerprint density at radius 1 is 1.15 bits per heavy atom. The molecule has 0 spiro atoms. The lowest BCUT2D eigenvalue weighted by Crippen LogP contribution is -1.99. The monoisotopic (exact) mass is 276 g/mol. The van der Waals surface area contributed by atoms with Crippen LogP contribution in [0.15, 0.2) is 18.2 Å². The highest BCUT2D eigenvalue weighted by Crippen LogP contribution is 2.23. The second-order valence-corrected chi connectivity index (χ2v) is 4.58. The van der Waals surface area contributed by atoms with Gasteiger partial charge in [0.25, 0.3) is 0 Å². The summed E-state index contributed by atoms with van der Waals surface area (Å²) in [6.45, 7) is 2.75. The largest absolute Gasteiger partial charge is 0.497 e. The number of hydrogen-bond acceptors (Lipinski definition) is 3. The fourth-order valence-corrected chi connectivity index (χ4v) is 1.88. The van der Waals surface area contributed by atoms with Crippen molar-refractivity contribution in [3.8, 4) is 23.3 Å². The maximum atomic E-state index is 8.80. The van der Waals surface area contributed by atoms with E-state index in [4.69, 9.17) is 14.6 Å². The number of aliphatic hydroxyl groups is 1. The Hall–Kier alpha value is -1.66. The molecule has 0 heterocycles. The summed E-state index contributed by atoms with van der Waals surface area (Å²) in [5.74, 6) is 7.03. The molecule has 0 amide bonds. The molecule has 110 valence electrons. The van der Waals surface area contributed by atoms with Crippen LogP contribution in [-0.4, -0.2) is 25.4 Å². The van der Waals surface area contributed by atoms with Crippen LogP contribution in [0.2, 0.25) is 0 Å². The summed E-state index contributed by atoms with van der Waals surface area (Å²) in [4.78, 5) is 0. The third-order valence-corrected chi connectivity index (χ3v) is 2.99. The van der Waals surface area contributed by atoms with Crippen molar-refractivity contribution in [1.29, 1.82) is 0 Å². The van der Waals surface area contributed by atoms with Gasteiger partial charge in [-0.05, 0) is 24.6 Å². The molecule has 1 rings (SSSR count). The second kappa shape index (κ2) is 10.2. The van der Waals surface area contributed by atoms with Crippen molar-refractivity contribution in [3.05, 3.63) is 23.8 Å². The van der Waals surface area contributed by atoms with Gasteiger partial charge in [0.1, 0.15) is 18.1 Å². The highest BCUT2D eigenvalue weighted by atomic mass is 16.5. The lowest BCUT2D eigenvalue weighted by atomic mass is 10.1. The second-order valence-electron chi connectivity index (χ2n) is 4.58. The molecule has 0 bridgehead atoms. The summed E-state index contributed by atoms with van der Waals surface area (Å²) in [6, 6.07) is 5.55. The van der Waals surface area contributed by atoms with E-state index in [1.165, 1.54) is 25.7 Å². The van der Waals surface area contributed by atoms with Crippen molar-refractivity contribution >= 4 is 0 Å². The van der Waals surface area contributed by atoms with Gasteiger partial charge in [-0.2, -0.15) is 0 Å². The molecular weight excluding hydrogens is 252 g/mol. The zero-order chi connectivity index (χ0) is 14.6. The normalized spacial score (nSPS) is 9.75. The first-order chi connectivity index (χ1) is 9.81. The highest BCUT2D eigenvalue weighted by Gasteiger charge is 2.03. The maximum Gasteiger partial charge on any atom is 0.135 e. The minimum atomic E-state index is -0.159. The van der Waals surface area contributed by atoms with Crippen LogP contribution in [0.5, 0.6) is 11.5 Å². The molecule has 0 radical (unpaired) electrons. The van der Waals surface area contributed by atoms with E-state index >= 15 is 0 Å². The van der Waals surface area contributed by atoms with Gasteiger partial charge in [-0.3, -0.25) is 0 Å². The standard InChI is InChI=1S/C17H24O3/c1-3-4-5-6-7-13-20-17-11-10-16(19-2)14-15(17)9-8-12-18/h10-11,14,18H,3-7,12-13H2,1-2H3. The fourth-order valence-electron chi connectivity index (χ4n) is 1.88. The smallest absolute Gasteiger partial charge is 0.135 e. The first-order valence-electron chi connectivity index (χ1n) is 7.22. The van der Waals surface area contributed by atoms with E-state index in [1.54, 1.807) is 7.11 Å². The van der Waals surface area contributed by atoms with Crippen LogP contribution >= 0.6 is 0 Å². The van der Waals surface area contributed by atoms with Crippen LogP contribution in [0.1, 0.15) is 44.6 Å². The van der Waals surface area contributed by atoms with E-state index in [9.17, 15) is 0 Å². The van der Waals surface area contributed by atoms with Gasteiger partial charge >= 0.3 is 0 Å². The van der Waals surface area contributed by atoms with Gasteiger partial charge in [0.15, 0.2) is 0 Å².